The van der Waals surface area contributed by atoms with Gasteiger partial charge in [0, 0.05) is 26.1 Å². The lowest BCUT2D eigenvalue weighted by atomic mass is 10.0. The second-order valence-electron chi connectivity index (χ2n) is 5.06. The Morgan fingerprint density at radius 2 is 1.62 bits per heavy atom. The van der Waals surface area contributed by atoms with Gasteiger partial charge in [0.25, 0.3) is 5.91 Å². The van der Waals surface area contributed by atoms with E-state index in [-0.39, 0.29) is 11.0 Å². The molecular weight excluding hydrogens is 408 g/mol. The third-order valence-electron chi connectivity index (χ3n) is 3.44. The van der Waals surface area contributed by atoms with Crippen molar-refractivity contribution in [3.8, 4) is 0 Å². The summed E-state index contributed by atoms with van der Waals surface area (Å²) < 4.78 is 0.968. The highest BCUT2D eigenvalue weighted by atomic mass is 79.9. The molecule has 0 aliphatic heterocycles. The second kappa shape index (κ2) is 7.30. The van der Waals surface area contributed by atoms with E-state index < -0.39 is 0 Å². The molecule has 0 fully saturated rings. The van der Waals surface area contributed by atoms with Crippen LogP contribution < -0.4 is 10.6 Å². The van der Waals surface area contributed by atoms with E-state index >= 15 is 0 Å². The lowest BCUT2D eigenvalue weighted by molar-refractivity contribution is 0.0979. The van der Waals surface area contributed by atoms with Gasteiger partial charge in [-0.1, -0.05) is 51.8 Å². The molecule has 0 atom stereocenters. The van der Waals surface area contributed by atoms with Crippen molar-refractivity contribution in [3.63, 3.8) is 0 Å². The summed E-state index contributed by atoms with van der Waals surface area (Å²) in [7, 11) is 0. The summed E-state index contributed by atoms with van der Waals surface area (Å²) in [4.78, 5) is 12.5. The minimum atomic E-state index is -0.280. The molecule has 120 valence electrons. The number of amides is 1. The van der Waals surface area contributed by atoms with Crippen molar-refractivity contribution in [3.05, 3.63) is 75.7 Å². The molecule has 0 unspecified atom stereocenters. The summed E-state index contributed by atoms with van der Waals surface area (Å²) >= 11 is 14.8. The Morgan fingerprint density at radius 1 is 0.958 bits per heavy atom. The van der Waals surface area contributed by atoms with Crippen LogP contribution in [0.3, 0.4) is 0 Å². The average Bonchev–Trinajstić information content (AvgIpc) is 2.57. The summed E-state index contributed by atoms with van der Waals surface area (Å²) in [6, 6.07) is 18.4. The van der Waals surface area contributed by atoms with Crippen LogP contribution in [0.4, 0.5) is 5.69 Å². The number of carbonyl (C=O) groups excluding carboxylic acids is 1. The van der Waals surface area contributed by atoms with Crippen molar-refractivity contribution >= 4 is 67.2 Å². The topological polar surface area (TPSA) is 41.1 Å². The number of hydrogen-bond donors (Lipinski definition) is 2. The Balaban J connectivity index is 1.79. The smallest absolute Gasteiger partial charge is 0.258 e. The summed E-state index contributed by atoms with van der Waals surface area (Å²) in [5, 5.41) is 8.14. The summed E-state index contributed by atoms with van der Waals surface area (Å²) in [5.41, 5.74) is 1.32. The van der Waals surface area contributed by atoms with Crippen LogP contribution in [0, 0.1) is 0 Å². The van der Waals surface area contributed by atoms with Crippen molar-refractivity contribution in [1.82, 2.24) is 5.32 Å². The number of benzene rings is 3. The molecule has 24 heavy (non-hydrogen) atoms. The molecule has 0 aliphatic rings. The third kappa shape index (κ3) is 3.75. The Labute approximate surface area is 158 Å². The van der Waals surface area contributed by atoms with E-state index in [0.717, 1.165) is 20.9 Å². The molecule has 0 heterocycles. The van der Waals surface area contributed by atoms with Gasteiger partial charge in [-0.15, -0.1) is 0 Å². The van der Waals surface area contributed by atoms with Crippen molar-refractivity contribution in [2.45, 2.75) is 0 Å². The fourth-order valence-electron chi connectivity index (χ4n) is 2.34. The zero-order valence-electron chi connectivity index (χ0n) is 12.3. The van der Waals surface area contributed by atoms with Crippen LogP contribution in [0.1, 0.15) is 10.4 Å². The molecule has 0 aliphatic carbocycles. The molecule has 6 heteroatoms. The number of nitrogens with one attached hydrogen (secondary N) is 2. The van der Waals surface area contributed by atoms with Gasteiger partial charge in [-0.3, -0.25) is 10.1 Å². The van der Waals surface area contributed by atoms with E-state index in [2.05, 4.69) is 26.6 Å². The Hall–Kier alpha value is -1.95. The van der Waals surface area contributed by atoms with Gasteiger partial charge in [-0.05, 0) is 54.0 Å². The fraction of sp³-hybridized carbons (Fsp3) is 0. The minimum absolute atomic E-state index is 0.237. The van der Waals surface area contributed by atoms with Crippen LogP contribution in [0.2, 0.25) is 5.02 Å². The van der Waals surface area contributed by atoms with E-state index in [1.807, 2.05) is 42.5 Å². The molecule has 1 amide bonds. The molecule has 0 spiro atoms. The van der Waals surface area contributed by atoms with Crippen LogP contribution in [-0.4, -0.2) is 11.0 Å². The number of carbonyl (C=O) groups is 1. The van der Waals surface area contributed by atoms with Crippen molar-refractivity contribution in [1.29, 1.82) is 0 Å². The maximum atomic E-state index is 12.5. The molecular formula is C18H12BrClN2OS. The lowest BCUT2D eigenvalue weighted by Crippen LogP contribution is -2.34. The van der Waals surface area contributed by atoms with Crippen LogP contribution in [0.15, 0.2) is 65.1 Å². The molecule has 0 aromatic heterocycles. The number of fused-ring (bicyclic) bond motifs is 1. The van der Waals surface area contributed by atoms with Gasteiger partial charge in [0.15, 0.2) is 5.11 Å². The molecule has 0 saturated carbocycles. The van der Waals surface area contributed by atoms with E-state index in [0.29, 0.717) is 10.6 Å². The number of hydrogen-bond acceptors (Lipinski definition) is 2. The van der Waals surface area contributed by atoms with Crippen LogP contribution in [0.5, 0.6) is 0 Å². The van der Waals surface area contributed by atoms with E-state index in [1.165, 1.54) is 0 Å². The average molecular weight is 420 g/mol. The zero-order chi connectivity index (χ0) is 17.1. The van der Waals surface area contributed by atoms with Crippen molar-refractivity contribution in [2.24, 2.45) is 0 Å². The van der Waals surface area contributed by atoms with Gasteiger partial charge < -0.3 is 5.32 Å². The van der Waals surface area contributed by atoms with Gasteiger partial charge in [0.1, 0.15) is 0 Å². The van der Waals surface area contributed by atoms with Crippen LogP contribution in [0.25, 0.3) is 10.8 Å². The molecule has 3 aromatic carbocycles. The van der Waals surface area contributed by atoms with Gasteiger partial charge in [-0.2, -0.15) is 0 Å². The number of halogens is 2. The van der Waals surface area contributed by atoms with E-state index in [4.69, 9.17) is 23.8 Å². The number of thiocarbonyl (C=S) groups is 1. The number of anilines is 1. The second-order valence-corrected chi connectivity index (χ2v) is 6.79. The highest BCUT2D eigenvalue weighted by Crippen LogP contribution is 2.25. The van der Waals surface area contributed by atoms with Gasteiger partial charge in [0.2, 0.25) is 0 Å². The zero-order valence-corrected chi connectivity index (χ0v) is 15.5. The highest BCUT2D eigenvalue weighted by molar-refractivity contribution is 9.10. The maximum Gasteiger partial charge on any atom is 0.258 e. The van der Waals surface area contributed by atoms with E-state index in [1.54, 1.807) is 18.2 Å². The first kappa shape index (κ1) is 16.9. The summed E-state index contributed by atoms with van der Waals surface area (Å²) in [6.45, 7) is 0. The maximum absolute atomic E-state index is 12.5. The normalized spacial score (nSPS) is 10.4. The largest absolute Gasteiger partial charge is 0.332 e. The number of rotatable bonds is 2. The molecule has 0 radical (unpaired) electrons. The molecule has 3 aromatic rings. The van der Waals surface area contributed by atoms with E-state index in [9.17, 15) is 4.79 Å². The van der Waals surface area contributed by atoms with Gasteiger partial charge in [0.05, 0.1) is 0 Å². The van der Waals surface area contributed by atoms with Crippen molar-refractivity contribution < 1.29 is 4.79 Å². The van der Waals surface area contributed by atoms with Crippen LogP contribution >= 0.6 is 39.7 Å². The quantitative estimate of drug-likeness (QED) is 0.548. The highest BCUT2D eigenvalue weighted by Gasteiger charge is 2.12. The predicted octanol–water partition coefficient (Wildman–Crippen LogP) is 5.38. The first-order valence-electron chi connectivity index (χ1n) is 7.10. The minimum Gasteiger partial charge on any atom is -0.332 e. The standard InChI is InChI=1S/C18H12BrClN2OS/c19-11-7-9-12(10-8-11)21-18(24)22-17(23)15-5-1-4-14-13(15)3-2-6-16(14)20/h1-10H,(H2,21,22,23,24). The molecule has 2 N–H and O–H groups in total. The van der Waals surface area contributed by atoms with Gasteiger partial charge in [-0.25, -0.2) is 0 Å². The molecule has 0 bridgehead atoms. The monoisotopic (exact) mass is 418 g/mol. The first-order valence-corrected chi connectivity index (χ1v) is 8.67. The molecule has 0 saturated heterocycles. The molecule has 3 nitrogen and oxygen atoms in total. The SMILES string of the molecule is O=C(NC(=S)Nc1ccc(Br)cc1)c1cccc2c(Cl)cccc12. The Kier molecular flexibility index (Phi) is 5.14. The third-order valence-corrected chi connectivity index (χ3v) is 4.51. The lowest BCUT2D eigenvalue weighted by Gasteiger charge is -2.11. The van der Waals surface area contributed by atoms with Crippen LogP contribution in [-0.2, 0) is 0 Å². The summed E-state index contributed by atoms with van der Waals surface area (Å²) in [6.07, 6.45) is 0. The predicted molar refractivity (Wildman–Crippen MR) is 107 cm³/mol. The first-order chi connectivity index (χ1) is 11.5. The Morgan fingerprint density at radius 3 is 2.38 bits per heavy atom. The summed E-state index contributed by atoms with van der Waals surface area (Å²) in [5.74, 6) is -0.280. The van der Waals surface area contributed by atoms with Crippen molar-refractivity contribution in [2.75, 3.05) is 5.32 Å². The molecule has 3 rings (SSSR count). The fourth-order valence-corrected chi connectivity index (χ4v) is 3.05. The van der Waals surface area contributed by atoms with Gasteiger partial charge >= 0.3 is 0 Å². The Bertz CT molecular complexity index is 928.